The lowest BCUT2D eigenvalue weighted by atomic mass is 10.4. The summed E-state index contributed by atoms with van der Waals surface area (Å²) in [6.07, 6.45) is 3.21. The minimum absolute atomic E-state index is 0.0711. The van der Waals surface area contributed by atoms with Crippen LogP contribution in [-0.4, -0.2) is 40.6 Å². The highest BCUT2D eigenvalue weighted by atomic mass is 16.5. The molecule has 0 radical (unpaired) electrons. The number of pyridine rings is 1. The first-order chi connectivity index (χ1) is 8.75. The second-order valence-electron chi connectivity index (χ2n) is 3.54. The Labute approximate surface area is 103 Å². The van der Waals surface area contributed by atoms with Gasteiger partial charge in [0, 0.05) is 18.9 Å². The standard InChI is InChI=1S/C11H13N5O2/c12-9(17)7-18-6-5-14-10-2-1-8-11(16-10)15-4-3-13-8/h1-4H,5-7H2,(H2,12,17)(H,14,15,16). The predicted octanol–water partition coefficient (Wildman–Crippen LogP) is -0.0614. The van der Waals surface area contributed by atoms with Crippen LogP contribution in [0, 0.1) is 0 Å². The minimum atomic E-state index is -0.478. The molecule has 2 heterocycles. The molecule has 0 aromatic carbocycles. The highest BCUT2D eigenvalue weighted by molar-refractivity contribution is 5.75. The number of primary amides is 1. The van der Waals surface area contributed by atoms with E-state index in [4.69, 9.17) is 10.5 Å². The first-order valence-electron chi connectivity index (χ1n) is 5.43. The molecule has 94 valence electrons. The number of anilines is 1. The number of amides is 1. The van der Waals surface area contributed by atoms with E-state index in [1.165, 1.54) is 0 Å². The van der Waals surface area contributed by atoms with Crippen molar-refractivity contribution < 1.29 is 9.53 Å². The smallest absolute Gasteiger partial charge is 0.243 e. The SMILES string of the molecule is NC(=O)COCCNc1ccc2nccnc2n1. The Morgan fingerprint density at radius 3 is 3.00 bits per heavy atom. The number of fused-ring (bicyclic) bond motifs is 1. The molecule has 0 aliphatic heterocycles. The second-order valence-corrected chi connectivity index (χ2v) is 3.54. The highest BCUT2D eigenvalue weighted by Gasteiger charge is 1.99. The van der Waals surface area contributed by atoms with Gasteiger partial charge in [0.25, 0.3) is 0 Å². The van der Waals surface area contributed by atoms with E-state index in [2.05, 4.69) is 20.3 Å². The molecule has 0 saturated heterocycles. The van der Waals surface area contributed by atoms with E-state index in [1.807, 2.05) is 12.1 Å². The molecule has 0 saturated carbocycles. The average Bonchev–Trinajstić information content (AvgIpc) is 2.38. The largest absolute Gasteiger partial charge is 0.370 e. The fourth-order valence-electron chi connectivity index (χ4n) is 1.38. The van der Waals surface area contributed by atoms with Crippen LogP contribution in [0.2, 0.25) is 0 Å². The van der Waals surface area contributed by atoms with Gasteiger partial charge in [0.15, 0.2) is 5.65 Å². The molecule has 0 bridgehead atoms. The summed E-state index contributed by atoms with van der Waals surface area (Å²) in [5.74, 6) is 0.208. The molecule has 1 amide bonds. The second kappa shape index (κ2) is 5.87. The number of nitrogens with one attached hydrogen (secondary N) is 1. The molecule has 2 aromatic rings. The normalized spacial score (nSPS) is 10.4. The van der Waals surface area contributed by atoms with Crippen LogP contribution in [0.25, 0.3) is 11.2 Å². The summed E-state index contributed by atoms with van der Waals surface area (Å²) in [6.45, 7) is 0.841. The molecule has 18 heavy (non-hydrogen) atoms. The van der Waals surface area contributed by atoms with Gasteiger partial charge >= 0.3 is 0 Å². The van der Waals surface area contributed by atoms with Gasteiger partial charge in [0.1, 0.15) is 17.9 Å². The highest BCUT2D eigenvalue weighted by Crippen LogP contribution is 2.09. The molecule has 0 unspecified atom stereocenters. The Morgan fingerprint density at radius 2 is 2.17 bits per heavy atom. The zero-order valence-corrected chi connectivity index (χ0v) is 9.67. The topological polar surface area (TPSA) is 103 Å². The third kappa shape index (κ3) is 3.36. The number of ether oxygens (including phenoxy) is 1. The van der Waals surface area contributed by atoms with Crippen molar-refractivity contribution in [2.75, 3.05) is 25.1 Å². The number of hydrogen-bond acceptors (Lipinski definition) is 6. The summed E-state index contributed by atoms with van der Waals surface area (Å²) < 4.78 is 5.01. The number of hydrogen-bond donors (Lipinski definition) is 2. The van der Waals surface area contributed by atoms with Crippen molar-refractivity contribution >= 4 is 22.9 Å². The van der Waals surface area contributed by atoms with Crippen molar-refractivity contribution in [1.82, 2.24) is 15.0 Å². The van der Waals surface area contributed by atoms with Crippen LogP contribution >= 0.6 is 0 Å². The number of carbonyl (C=O) groups excluding carboxylic acids is 1. The van der Waals surface area contributed by atoms with Crippen LogP contribution < -0.4 is 11.1 Å². The summed E-state index contributed by atoms with van der Waals surface area (Å²) >= 11 is 0. The number of rotatable bonds is 6. The van der Waals surface area contributed by atoms with Crippen LogP contribution in [0.4, 0.5) is 5.82 Å². The number of aromatic nitrogens is 3. The fourth-order valence-corrected chi connectivity index (χ4v) is 1.38. The molecular formula is C11H13N5O2. The van der Waals surface area contributed by atoms with E-state index in [-0.39, 0.29) is 6.61 Å². The molecular weight excluding hydrogens is 234 g/mol. The van der Waals surface area contributed by atoms with Gasteiger partial charge in [-0.3, -0.25) is 9.78 Å². The van der Waals surface area contributed by atoms with Gasteiger partial charge < -0.3 is 15.8 Å². The van der Waals surface area contributed by atoms with E-state index in [0.717, 1.165) is 5.52 Å². The van der Waals surface area contributed by atoms with Crippen molar-refractivity contribution in [3.05, 3.63) is 24.5 Å². The van der Waals surface area contributed by atoms with E-state index in [0.29, 0.717) is 24.6 Å². The summed E-state index contributed by atoms with van der Waals surface area (Å²) in [4.78, 5) is 22.9. The zero-order chi connectivity index (χ0) is 12.8. The average molecular weight is 247 g/mol. The molecule has 0 atom stereocenters. The van der Waals surface area contributed by atoms with Crippen LogP contribution in [-0.2, 0) is 9.53 Å². The van der Waals surface area contributed by atoms with Gasteiger partial charge in [-0.05, 0) is 12.1 Å². The van der Waals surface area contributed by atoms with Crippen molar-refractivity contribution in [2.45, 2.75) is 0 Å². The van der Waals surface area contributed by atoms with Crippen molar-refractivity contribution in [2.24, 2.45) is 5.73 Å². The summed E-state index contributed by atoms with van der Waals surface area (Å²) in [7, 11) is 0. The van der Waals surface area contributed by atoms with Gasteiger partial charge in [-0.25, -0.2) is 9.97 Å². The van der Waals surface area contributed by atoms with E-state index >= 15 is 0 Å². The fraction of sp³-hybridized carbons (Fsp3) is 0.273. The molecule has 0 aliphatic carbocycles. The molecule has 7 nitrogen and oxygen atoms in total. The maximum absolute atomic E-state index is 10.4. The monoisotopic (exact) mass is 247 g/mol. The third-order valence-electron chi connectivity index (χ3n) is 2.13. The van der Waals surface area contributed by atoms with Gasteiger partial charge in [0.2, 0.25) is 5.91 Å². The Hall–Kier alpha value is -2.28. The molecule has 7 heteroatoms. The van der Waals surface area contributed by atoms with Crippen LogP contribution in [0.15, 0.2) is 24.5 Å². The lowest BCUT2D eigenvalue weighted by Crippen LogP contribution is -2.20. The summed E-state index contributed by atoms with van der Waals surface area (Å²) in [5.41, 5.74) is 6.26. The molecule has 2 aromatic heterocycles. The third-order valence-corrected chi connectivity index (χ3v) is 2.13. The Bertz CT molecular complexity index is 546. The zero-order valence-electron chi connectivity index (χ0n) is 9.67. The Morgan fingerprint density at radius 1 is 1.33 bits per heavy atom. The van der Waals surface area contributed by atoms with E-state index in [1.54, 1.807) is 12.4 Å². The minimum Gasteiger partial charge on any atom is -0.370 e. The lowest BCUT2D eigenvalue weighted by molar-refractivity contribution is -0.122. The van der Waals surface area contributed by atoms with Gasteiger partial charge in [-0.15, -0.1) is 0 Å². The maximum Gasteiger partial charge on any atom is 0.243 e. The number of carbonyl (C=O) groups is 1. The van der Waals surface area contributed by atoms with Crippen LogP contribution in [0.3, 0.4) is 0 Å². The number of nitrogens with zero attached hydrogens (tertiary/aromatic N) is 3. The number of nitrogens with two attached hydrogens (primary N) is 1. The summed E-state index contributed by atoms with van der Waals surface area (Å²) in [5, 5.41) is 3.05. The van der Waals surface area contributed by atoms with E-state index in [9.17, 15) is 4.79 Å². The molecule has 3 N–H and O–H groups in total. The van der Waals surface area contributed by atoms with Crippen molar-refractivity contribution in [1.29, 1.82) is 0 Å². The Balaban J connectivity index is 1.86. The summed E-state index contributed by atoms with van der Waals surface area (Å²) in [6, 6.07) is 3.65. The quantitative estimate of drug-likeness (QED) is 0.693. The van der Waals surface area contributed by atoms with E-state index < -0.39 is 5.91 Å². The van der Waals surface area contributed by atoms with Crippen LogP contribution in [0.5, 0.6) is 0 Å². The lowest BCUT2D eigenvalue weighted by Gasteiger charge is -2.06. The first kappa shape index (κ1) is 12.2. The molecule has 0 aliphatic rings. The van der Waals surface area contributed by atoms with Gasteiger partial charge in [-0.1, -0.05) is 0 Å². The molecule has 0 spiro atoms. The van der Waals surface area contributed by atoms with Crippen molar-refractivity contribution in [3.63, 3.8) is 0 Å². The molecule has 2 rings (SSSR count). The van der Waals surface area contributed by atoms with Crippen molar-refractivity contribution in [3.8, 4) is 0 Å². The molecule has 0 fully saturated rings. The first-order valence-corrected chi connectivity index (χ1v) is 5.43. The Kier molecular flexibility index (Phi) is 3.98. The maximum atomic E-state index is 10.4. The van der Waals surface area contributed by atoms with Crippen LogP contribution in [0.1, 0.15) is 0 Å². The van der Waals surface area contributed by atoms with Gasteiger partial charge in [0.05, 0.1) is 6.61 Å². The van der Waals surface area contributed by atoms with Gasteiger partial charge in [-0.2, -0.15) is 0 Å². The predicted molar refractivity (Wildman–Crippen MR) is 65.8 cm³/mol.